The highest BCUT2D eigenvalue weighted by molar-refractivity contribution is 5.78. The van der Waals surface area contributed by atoms with Crippen LogP contribution in [0, 0.1) is 0 Å². The lowest BCUT2D eigenvalue weighted by molar-refractivity contribution is 0.00471. The summed E-state index contributed by atoms with van der Waals surface area (Å²) in [5, 5.41) is 10.4. The van der Waals surface area contributed by atoms with E-state index in [1.165, 1.54) is 0 Å². The normalized spacial score (nSPS) is 17.4. The smallest absolute Gasteiger partial charge is 0.231 e. The lowest BCUT2D eigenvalue weighted by Gasteiger charge is -2.28. The number of hydrogen-bond acceptors (Lipinski definition) is 7. The number of fused-ring (bicyclic) bond motifs is 1. The van der Waals surface area contributed by atoms with Crippen molar-refractivity contribution >= 4 is 0 Å². The summed E-state index contributed by atoms with van der Waals surface area (Å²) in [6, 6.07) is 11.4. The summed E-state index contributed by atoms with van der Waals surface area (Å²) in [6.45, 7) is 4.07. The second-order valence-electron chi connectivity index (χ2n) is 6.78. The summed E-state index contributed by atoms with van der Waals surface area (Å²) in [6.07, 6.45) is -0.579. The molecular weight excluding hydrogens is 362 g/mol. The van der Waals surface area contributed by atoms with Crippen molar-refractivity contribution in [1.82, 2.24) is 4.90 Å². The molecule has 0 amide bonds. The summed E-state index contributed by atoms with van der Waals surface area (Å²) in [5.41, 5.74) is 1.72. The molecule has 0 bridgehead atoms. The molecule has 0 aliphatic carbocycles. The fourth-order valence-corrected chi connectivity index (χ4v) is 3.44. The van der Waals surface area contributed by atoms with Crippen LogP contribution in [0.25, 0.3) is 11.1 Å². The quantitative estimate of drug-likeness (QED) is 0.781. The Balaban J connectivity index is 1.50. The molecule has 1 unspecified atom stereocenters. The lowest BCUT2D eigenvalue weighted by atomic mass is 10.0. The molecule has 2 heterocycles. The van der Waals surface area contributed by atoms with Crippen LogP contribution in [0.15, 0.2) is 36.4 Å². The van der Waals surface area contributed by atoms with Gasteiger partial charge in [0.1, 0.15) is 24.2 Å². The maximum absolute atomic E-state index is 10.4. The largest absolute Gasteiger partial charge is 0.496 e. The standard InChI is InChI=1S/C21H25NO6/c1-24-19-11-21-20(27-14-28-21)10-17(19)16-4-2-3-5-18(16)26-13-15(23)12-22-6-8-25-9-7-22/h2-5,10-11,15,23H,6-9,12-14H2,1H3. The monoisotopic (exact) mass is 387 g/mol. The molecule has 1 saturated heterocycles. The van der Waals surface area contributed by atoms with Crippen molar-refractivity contribution in [2.75, 3.05) is 53.4 Å². The molecule has 2 aliphatic heterocycles. The first-order valence-electron chi connectivity index (χ1n) is 9.42. The topological polar surface area (TPSA) is 69.6 Å². The van der Waals surface area contributed by atoms with Crippen LogP contribution >= 0.6 is 0 Å². The van der Waals surface area contributed by atoms with Gasteiger partial charge in [0.15, 0.2) is 11.5 Å². The third-order valence-corrected chi connectivity index (χ3v) is 4.88. The first kappa shape index (κ1) is 18.9. The summed E-state index contributed by atoms with van der Waals surface area (Å²) in [7, 11) is 1.62. The zero-order valence-electron chi connectivity index (χ0n) is 15.9. The fraction of sp³-hybridized carbons (Fsp3) is 0.429. The zero-order valence-corrected chi connectivity index (χ0v) is 15.9. The van der Waals surface area contributed by atoms with E-state index in [1.807, 2.05) is 36.4 Å². The van der Waals surface area contributed by atoms with Gasteiger partial charge in [0, 0.05) is 36.8 Å². The van der Waals surface area contributed by atoms with Crippen molar-refractivity contribution in [2.45, 2.75) is 6.10 Å². The highest BCUT2D eigenvalue weighted by atomic mass is 16.7. The Kier molecular flexibility index (Phi) is 5.85. The number of para-hydroxylation sites is 1. The Hall–Kier alpha value is -2.48. The number of methoxy groups -OCH3 is 1. The summed E-state index contributed by atoms with van der Waals surface area (Å²) >= 11 is 0. The minimum Gasteiger partial charge on any atom is -0.496 e. The van der Waals surface area contributed by atoms with Crippen molar-refractivity contribution in [1.29, 1.82) is 0 Å². The number of ether oxygens (including phenoxy) is 5. The van der Waals surface area contributed by atoms with Crippen LogP contribution in [0.4, 0.5) is 0 Å². The van der Waals surface area contributed by atoms with Gasteiger partial charge in [-0.25, -0.2) is 0 Å². The van der Waals surface area contributed by atoms with Gasteiger partial charge in [0.25, 0.3) is 0 Å². The molecule has 1 N–H and O–H groups in total. The van der Waals surface area contributed by atoms with Crippen LogP contribution < -0.4 is 18.9 Å². The van der Waals surface area contributed by atoms with Crippen molar-refractivity contribution in [3.8, 4) is 34.1 Å². The maximum atomic E-state index is 10.4. The van der Waals surface area contributed by atoms with E-state index in [2.05, 4.69) is 4.90 Å². The van der Waals surface area contributed by atoms with Crippen molar-refractivity contribution < 1.29 is 28.8 Å². The van der Waals surface area contributed by atoms with Crippen LogP contribution in [0.3, 0.4) is 0 Å². The molecule has 0 saturated carbocycles. The number of morpholine rings is 1. The van der Waals surface area contributed by atoms with E-state index in [0.717, 1.165) is 24.2 Å². The van der Waals surface area contributed by atoms with E-state index in [9.17, 15) is 5.11 Å². The number of benzene rings is 2. The van der Waals surface area contributed by atoms with Crippen LogP contribution in [-0.4, -0.2) is 69.5 Å². The van der Waals surface area contributed by atoms with Crippen molar-refractivity contribution in [3.63, 3.8) is 0 Å². The average Bonchev–Trinajstić information content (AvgIpc) is 3.19. The van der Waals surface area contributed by atoms with Gasteiger partial charge < -0.3 is 28.8 Å². The first-order valence-corrected chi connectivity index (χ1v) is 9.42. The average molecular weight is 387 g/mol. The van der Waals surface area contributed by atoms with E-state index in [1.54, 1.807) is 7.11 Å². The maximum Gasteiger partial charge on any atom is 0.231 e. The van der Waals surface area contributed by atoms with E-state index in [0.29, 0.717) is 42.8 Å². The SMILES string of the molecule is COc1cc2c(cc1-c1ccccc1OCC(O)CN1CCOCC1)OCO2. The summed E-state index contributed by atoms with van der Waals surface area (Å²) in [5.74, 6) is 2.70. The second-order valence-corrected chi connectivity index (χ2v) is 6.78. The van der Waals surface area contributed by atoms with Crippen LogP contribution in [-0.2, 0) is 4.74 Å². The number of aliphatic hydroxyl groups is 1. The third-order valence-electron chi connectivity index (χ3n) is 4.88. The Morgan fingerprint density at radius 1 is 1.04 bits per heavy atom. The lowest BCUT2D eigenvalue weighted by Crippen LogP contribution is -2.42. The van der Waals surface area contributed by atoms with E-state index >= 15 is 0 Å². The Morgan fingerprint density at radius 3 is 2.57 bits per heavy atom. The predicted molar refractivity (Wildman–Crippen MR) is 103 cm³/mol. The molecule has 0 radical (unpaired) electrons. The second kappa shape index (κ2) is 8.68. The van der Waals surface area contributed by atoms with E-state index < -0.39 is 6.10 Å². The molecule has 0 aromatic heterocycles. The van der Waals surface area contributed by atoms with Gasteiger partial charge in [0.05, 0.1) is 20.3 Å². The fourth-order valence-electron chi connectivity index (χ4n) is 3.44. The zero-order chi connectivity index (χ0) is 19.3. The summed E-state index contributed by atoms with van der Waals surface area (Å²) < 4.78 is 27.8. The van der Waals surface area contributed by atoms with Crippen LogP contribution in [0.1, 0.15) is 0 Å². The van der Waals surface area contributed by atoms with Gasteiger partial charge in [-0.2, -0.15) is 0 Å². The van der Waals surface area contributed by atoms with Gasteiger partial charge in [-0.1, -0.05) is 18.2 Å². The molecule has 4 rings (SSSR count). The molecule has 28 heavy (non-hydrogen) atoms. The molecule has 7 heteroatoms. The highest BCUT2D eigenvalue weighted by Gasteiger charge is 2.21. The van der Waals surface area contributed by atoms with Gasteiger partial charge in [-0.05, 0) is 12.1 Å². The Bertz CT molecular complexity index is 805. The molecular formula is C21H25NO6. The van der Waals surface area contributed by atoms with Crippen molar-refractivity contribution in [2.24, 2.45) is 0 Å². The van der Waals surface area contributed by atoms with Gasteiger partial charge in [-0.15, -0.1) is 0 Å². The molecule has 1 fully saturated rings. The van der Waals surface area contributed by atoms with E-state index in [-0.39, 0.29) is 13.4 Å². The van der Waals surface area contributed by atoms with Crippen LogP contribution in [0.5, 0.6) is 23.0 Å². The molecule has 2 aromatic carbocycles. The first-order chi connectivity index (χ1) is 13.7. The minimum atomic E-state index is -0.579. The van der Waals surface area contributed by atoms with Gasteiger partial charge >= 0.3 is 0 Å². The third kappa shape index (κ3) is 4.16. The number of aliphatic hydroxyl groups excluding tert-OH is 1. The highest BCUT2D eigenvalue weighted by Crippen LogP contribution is 2.44. The van der Waals surface area contributed by atoms with Crippen molar-refractivity contribution in [3.05, 3.63) is 36.4 Å². The minimum absolute atomic E-state index is 0.202. The van der Waals surface area contributed by atoms with E-state index in [4.69, 9.17) is 23.7 Å². The molecule has 2 aliphatic rings. The van der Waals surface area contributed by atoms with Crippen LogP contribution in [0.2, 0.25) is 0 Å². The molecule has 7 nitrogen and oxygen atoms in total. The number of rotatable bonds is 7. The molecule has 2 aromatic rings. The number of hydrogen-bond donors (Lipinski definition) is 1. The molecule has 1 atom stereocenters. The number of β-amino-alcohol motifs (C(OH)–C–C–N with tert-alkyl or cyclic N) is 1. The molecule has 0 spiro atoms. The van der Waals surface area contributed by atoms with Gasteiger partial charge in [-0.3, -0.25) is 4.90 Å². The number of nitrogens with zero attached hydrogens (tertiary/aromatic N) is 1. The Labute approximate surface area is 164 Å². The molecule has 150 valence electrons. The predicted octanol–water partition coefficient (Wildman–Crippen LogP) is 2.16. The summed E-state index contributed by atoms with van der Waals surface area (Å²) in [4.78, 5) is 2.18. The van der Waals surface area contributed by atoms with Gasteiger partial charge in [0.2, 0.25) is 6.79 Å². The Morgan fingerprint density at radius 2 is 1.79 bits per heavy atom.